The third-order valence-electron chi connectivity index (χ3n) is 4.38. The molecule has 1 saturated heterocycles. The van der Waals surface area contributed by atoms with E-state index in [1.807, 2.05) is 7.05 Å². The zero-order valence-corrected chi connectivity index (χ0v) is 14.8. The monoisotopic (exact) mass is 321 g/mol. The van der Waals surface area contributed by atoms with Gasteiger partial charge < -0.3 is 15.5 Å². The lowest BCUT2D eigenvalue weighted by molar-refractivity contribution is 0.159. The van der Waals surface area contributed by atoms with E-state index in [1.165, 1.54) is 25.8 Å². The van der Waals surface area contributed by atoms with Gasteiger partial charge in [-0.2, -0.15) is 5.10 Å². The first-order valence-electron chi connectivity index (χ1n) is 8.79. The highest BCUT2D eigenvalue weighted by Gasteiger charge is 2.17. The minimum absolute atomic E-state index is 0.537. The van der Waals surface area contributed by atoms with Crippen LogP contribution in [0, 0.1) is 0 Å². The summed E-state index contributed by atoms with van der Waals surface area (Å²) in [5, 5.41) is 10.8. The first-order chi connectivity index (χ1) is 11.2. The van der Waals surface area contributed by atoms with Crippen LogP contribution in [-0.2, 0) is 13.6 Å². The lowest BCUT2D eigenvalue weighted by Crippen LogP contribution is -2.41. The van der Waals surface area contributed by atoms with Crippen molar-refractivity contribution in [3.8, 4) is 0 Å². The molecule has 2 rings (SSSR count). The van der Waals surface area contributed by atoms with Crippen LogP contribution in [0.25, 0.3) is 0 Å². The summed E-state index contributed by atoms with van der Waals surface area (Å²) in [4.78, 5) is 11.4. The number of piperidine rings is 1. The maximum absolute atomic E-state index is 4.57. The predicted octanol–water partition coefficient (Wildman–Crippen LogP) is 1.13. The maximum Gasteiger partial charge on any atom is 0.191 e. The van der Waals surface area contributed by atoms with Crippen LogP contribution in [0.1, 0.15) is 45.4 Å². The number of hydrogen-bond acceptors (Lipinski definition) is 4. The van der Waals surface area contributed by atoms with Crippen LogP contribution in [0.15, 0.2) is 11.3 Å². The molecule has 1 aliphatic heterocycles. The third-order valence-corrected chi connectivity index (χ3v) is 4.38. The normalized spacial score (nSPS) is 19.8. The molecule has 2 heterocycles. The van der Waals surface area contributed by atoms with Crippen LogP contribution in [-0.4, -0.2) is 57.8 Å². The number of hydrogen-bond donors (Lipinski definition) is 2. The first-order valence-corrected chi connectivity index (χ1v) is 8.79. The predicted molar refractivity (Wildman–Crippen MR) is 93.3 cm³/mol. The Hall–Kier alpha value is -1.63. The summed E-state index contributed by atoms with van der Waals surface area (Å²) >= 11 is 0. The summed E-state index contributed by atoms with van der Waals surface area (Å²) in [6, 6.07) is 0.738. The highest BCUT2D eigenvalue weighted by molar-refractivity contribution is 5.79. The number of nitrogens with zero attached hydrogens (tertiary/aromatic N) is 5. The Morgan fingerprint density at radius 2 is 2.26 bits per heavy atom. The molecule has 7 nitrogen and oxygen atoms in total. The van der Waals surface area contributed by atoms with Gasteiger partial charge in [0.2, 0.25) is 0 Å². The smallest absolute Gasteiger partial charge is 0.191 e. The largest absolute Gasteiger partial charge is 0.357 e. The van der Waals surface area contributed by atoms with Gasteiger partial charge in [-0.05, 0) is 39.7 Å². The summed E-state index contributed by atoms with van der Waals surface area (Å²) < 4.78 is 1.75. The first kappa shape index (κ1) is 17.7. The average Bonchev–Trinajstić information content (AvgIpc) is 2.96. The van der Waals surface area contributed by atoms with Gasteiger partial charge in [0, 0.05) is 32.7 Å². The topological polar surface area (TPSA) is 70.4 Å². The van der Waals surface area contributed by atoms with Crippen molar-refractivity contribution >= 4 is 5.96 Å². The number of aliphatic imine (C=N–C) groups is 1. The van der Waals surface area contributed by atoms with E-state index in [9.17, 15) is 0 Å². The Morgan fingerprint density at radius 3 is 2.96 bits per heavy atom. The summed E-state index contributed by atoms with van der Waals surface area (Å²) in [5.41, 5.74) is 0. The molecule has 0 aliphatic carbocycles. The van der Waals surface area contributed by atoms with Gasteiger partial charge in [-0.25, -0.2) is 9.98 Å². The van der Waals surface area contributed by atoms with E-state index in [4.69, 9.17) is 0 Å². The summed E-state index contributed by atoms with van der Waals surface area (Å²) in [6.07, 6.45) is 6.77. The highest BCUT2D eigenvalue weighted by Crippen LogP contribution is 2.15. The lowest BCUT2D eigenvalue weighted by Gasteiger charge is -2.33. The molecule has 0 saturated carbocycles. The number of guanidine groups is 1. The fourth-order valence-electron chi connectivity index (χ4n) is 2.93. The molecule has 0 amide bonds. The molecule has 1 atom stereocenters. The van der Waals surface area contributed by atoms with Crippen molar-refractivity contribution in [3.05, 3.63) is 12.2 Å². The number of aryl methyl sites for hydroxylation is 1. The molecule has 0 spiro atoms. The van der Waals surface area contributed by atoms with Crippen LogP contribution in [0.5, 0.6) is 0 Å². The minimum atomic E-state index is 0.537. The van der Waals surface area contributed by atoms with Gasteiger partial charge in [-0.15, -0.1) is 0 Å². The molecular weight excluding hydrogens is 290 g/mol. The van der Waals surface area contributed by atoms with Crippen molar-refractivity contribution in [1.82, 2.24) is 30.3 Å². The number of likely N-dealkylation sites (tertiary alicyclic amines) is 1. The standard InChI is InChI=1S/C16H31N7/c1-4-17-16(19-12-15-20-13-21-22(15)3)18-9-7-11-23-10-6-5-8-14(23)2/h13-14H,4-12H2,1-3H3,(H2,17,18,19). The highest BCUT2D eigenvalue weighted by atomic mass is 15.3. The molecule has 0 bridgehead atoms. The molecule has 0 radical (unpaired) electrons. The van der Waals surface area contributed by atoms with Gasteiger partial charge in [-0.3, -0.25) is 4.68 Å². The number of rotatable bonds is 7. The molecule has 0 aromatic carbocycles. The van der Waals surface area contributed by atoms with Crippen molar-refractivity contribution in [2.24, 2.45) is 12.0 Å². The van der Waals surface area contributed by atoms with Crippen molar-refractivity contribution in [3.63, 3.8) is 0 Å². The van der Waals surface area contributed by atoms with Gasteiger partial charge in [0.15, 0.2) is 5.96 Å². The molecule has 23 heavy (non-hydrogen) atoms. The van der Waals surface area contributed by atoms with E-state index >= 15 is 0 Å². The van der Waals surface area contributed by atoms with Crippen molar-refractivity contribution in [2.45, 2.75) is 52.1 Å². The maximum atomic E-state index is 4.57. The van der Waals surface area contributed by atoms with E-state index < -0.39 is 0 Å². The second-order valence-corrected chi connectivity index (χ2v) is 6.16. The SMILES string of the molecule is CCNC(=NCc1ncnn1C)NCCCN1CCCCC1C. The van der Waals surface area contributed by atoms with Crippen molar-refractivity contribution < 1.29 is 0 Å². The van der Waals surface area contributed by atoms with E-state index in [0.29, 0.717) is 6.54 Å². The van der Waals surface area contributed by atoms with E-state index in [0.717, 1.165) is 43.9 Å². The Balaban J connectivity index is 1.72. The van der Waals surface area contributed by atoms with Crippen LogP contribution in [0.2, 0.25) is 0 Å². The summed E-state index contributed by atoms with van der Waals surface area (Å²) in [5.74, 6) is 1.71. The van der Waals surface area contributed by atoms with Crippen molar-refractivity contribution in [1.29, 1.82) is 0 Å². The van der Waals surface area contributed by atoms with Crippen LogP contribution in [0.3, 0.4) is 0 Å². The van der Waals surface area contributed by atoms with Gasteiger partial charge in [-0.1, -0.05) is 6.42 Å². The zero-order chi connectivity index (χ0) is 16.5. The van der Waals surface area contributed by atoms with Gasteiger partial charge >= 0.3 is 0 Å². The lowest BCUT2D eigenvalue weighted by atomic mass is 10.0. The molecule has 7 heteroatoms. The average molecular weight is 321 g/mol. The van der Waals surface area contributed by atoms with Crippen LogP contribution >= 0.6 is 0 Å². The molecule has 1 aliphatic rings. The molecule has 130 valence electrons. The minimum Gasteiger partial charge on any atom is -0.357 e. The Labute approximate surface area is 139 Å². The van der Waals surface area contributed by atoms with Crippen LogP contribution in [0.4, 0.5) is 0 Å². The fourth-order valence-corrected chi connectivity index (χ4v) is 2.93. The van der Waals surface area contributed by atoms with Gasteiger partial charge in [0.1, 0.15) is 18.7 Å². The van der Waals surface area contributed by atoms with E-state index in [2.05, 4.69) is 44.5 Å². The Bertz CT molecular complexity index is 483. The van der Waals surface area contributed by atoms with Crippen molar-refractivity contribution in [2.75, 3.05) is 26.2 Å². The van der Waals surface area contributed by atoms with Gasteiger partial charge in [0.25, 0.3) is 0 Å². The van der Waals surface area contributed by atoms with E-state index in [-0.39, 0.29) is 0 Å². The Morgan fingerprint density at radius 1 is 1.39 bits per heavy atom. The van der Waals surface area contributed by atoms with Gasteiger partial charge in [0.05, 0.1) is 0 Å². The third kappa shape index (κ3) is 5.82. The molecule has 1 aromatic rings. The quantitative estimate of drug-likeness (QED) is 0.448. The summed E-state index contributed by atoms with van der Waals surface area (Å²) in [7, 11) is 1.89. The molecule has 1 aromatic heterocycles. The number of aromatic nitrogens is 3. The zero-order valence-electron chi connectivity index (χ0n) is 14.8. The second-order valence-electron chi connectivity index (χ2n) is 6.16. The molecular formula is C16H31N7. The molecule has 2 N–H and O–H groups in total. The second kappa shape index (κ2) is 9.50. The molecule has 1 fully saturated rings. The number of nitrogens with one attached hydrogen (secondary N) is 2. The summed E-state index contributed by atoms with van der Waals surface area (Å²) in [6.45, 7) is 9.17. The van der Waals surface area contributed by atoms with E-state index in [1.54, 1.807) is 11.0 Å². The molecule has 1 unspecified atom stereocenters. The van der Waals surface area contributed by atoms with Crippen LogP contribution < -0.4 is 10.6 Å². The fraction of sp³-hybridized carbons (Fsp3) is 0.812. The Kier molecular flexibility index (Phi) is 7.32.